The van der Waals surface area contributed by atoms with Crippen molar-refractivity contribution in [3.63, 3.8) is 0 Å². The van der Waals surface area contributed by atoms with Crippen LogP contribution in [0.5, 0.6) is 0 Å². The van der Waals surface area contributed by atoms with Crippen molar-refractivity contribution in [1.82, 2.24) is 0 Å². The molecule has 0 aliphatic heterocycles. The molecule has 0 amide bonds. The van der Waals surface area contributed by atoms with Gasteiger partial charge in [0.25, 0.3) is 5.08 Å². The van der Waals surface area contributed by atoms with Gasteiger partial charge < -0.3 is 30.4 Å². The van der Waals surface area contributed by atoms with E-state index in [1.165, 1.54) is 0 Å². The Hall–Kier alpha value is 1.22. The molecule has 0 bridgehead atoms. The van der Waals surface area contributed by atoms with Gasteiger partial charge in [-0.3, -0.25) is 9.13 Å². The number of rotatable bonds is 7. The molecule has 0 saturated carbocycles. The molecule has 0 spiro atoms. The minimum Gasteiger partial charge on any atom is -0.368 e. The maximum Gasteiger partial charge on any atom is 1.00 e. The van der Waals surface area contributed by atoms with Crippen LogP contribution in [0.2, 0.25) is 0 Å². The first-order chi connectivity index (χ1) is 7.06. The van der Waals surface area contributed by atoms with Crippen molar-refractivity contribution in [2.45, 2.75) is 30.8 Å². The molecule has 0 aromatic heterocycles. The predicted octanol–water partition coefficient (Wildman–Crippen LogP) is -3.49. The van der Waals surface area contributed by atoms with Crippen LogP contribution in [0.3, 0.4) is 0 Å². The number of hydrogen-bond donors (Lipinski definition) is 6. The minimum absolute atomic E-state index is 0. The number of hydrogen-bond acceptors (Lipinski definition) is 4. The maximum absolute atomic E-state index is 10.9. The molecule has 98 valence electrons. The zero-order chi connectivity index (χ0) is 13.0. The van der Waals surface area contributed by atoms with E-state index in [-0.39, 0.29) is 36.0 Å². The Morgan fingerprint density at radius 1 is 0.941 bits per heavy atom. The summed E-state index contributed by atoms with van der Waals surface area (Å²) < 4.78 is 21.8. The minimum atomic E-state index is -5.30. The van der Waals surface area contributed by atoms with Gasteiger partial charge in [-0.1, -0.05) is 6.42 Å². The van der Waals surface area contributed by atoms with Gasteiger partial charge in [-0.25, -0.2) is 0 Å². The molecule has 0 aromatic rings. The Kier molecular flexibility index (Phi) is 9.33. The summed E-state index contributed by atoms with van der Waals surface area (Å²) >= 11 is 0. The van der Waals surface area contributed by atoms with Crippen LogP contribution in [-0.4, -0.2) is 36.3 Å². The molecule has 0 rings (SSSR count). The van der Waals surface area contributed by atoms with E-state index >= 15 is 0 Å². The fraction of sp³-hybridized carbons (Fsp3) is 1.00. The third-order valence-electron chi connectivity index (χ3n) is 2.15. The predicted molar refractivity (Wildman–Crippen MR) is 56.6 cm³/mol. The number of aliphatic hydroxyl groups is 1. The molecule has 0 saturated heterocycles. The summed E-state index contributed by atoms with van der Waals surface area (Å²) in [6.45, 7) is 0.365. The molecule has 0 aliphatic carbocycles. The third kappa shape index (κ3) is 5.80. The van der Waals surface area contributed by atoms with Crippen LogP contribution in [0.1, 0.15) is 25.7 Å². The second-order valence-corrected chi connectivity index (χ2v) is 7.47. The summed E-state index contributed by atoms with van der Waals surface area (Å²) in [5.74, 6) is 0. The van der Waals surface area contributed by atoms with Gasteiger partial charge in [0.2, 0.25) is 0 Å². The van der Waals surface area contributed by atoms with E-state index in [9.17, 15) is 14.2 Å². The Bertz CT molecular complexity index is 291. The van der Waals surface area contributed by atoms with Gasteiger partial charge in [-0.2, -0.15) is 0 Å². The Labute approximate surface area is 121 Å². The van der Waals surface area contributed by atoms with Crippen molar-refractivity contribution in [2.24, 2.45) is 5.73 Å². The molecule has 0 radical (unpaired) electrons. The van der Waals surface area contributed by atoms with Crippen LogP contribution >= 0.6 is 15.2 Å². The van der Waals surface area contributed by atoms with E-state index in [4.69, 9.17) is 25.3 Å². The summed E-state index contributed by atoms with van der Waals surface area (Å²) in [6, 6.07) is 0. The second kappa shape index (κ2) is 7.72. The van der Waals surface area contributed by atoms with E-state index in [2.05, 4.69) is 0 Å². The molecule has 11 heteroatoms. The van der Waals surface area contributed by atoms with Gasteiger partial charge in [0.15, 0.2) is 0 Å². The summed E-state index contributed by atoms with van der Waals surface area (Å²) in [5, 5.41) is 6.14. The van der Waals surface area contributed by atoms with Crippen LogP contribution in [0, 0.1) is 0 Å². The quantitative estimate of drug-likeness (QED) is 0.160. The molecule has 0 heterocycles. The first kappa shape index (κ1) is 20.5. The van der Waals surface area contributed by atoms with Gasteiger partial charge >= 0.3 is 44.7 Å². The number of unbranched alkanes of at least 4 members (excludes halogenated alkanes) is 2. The molecule has 0 atom stereocenters. The smallest absolute Gasteiger partial charge is 0.368 e. The molecule has 0 aliphatic rings. The zero-order valence-electron chi connectivity index (χ0n) is 9.56. The Morgan fingerprint density at radius 2 is 1.35 bits per heavy atom. The van der Waals surface area contributed by atoms with E-state index in [0.717, 1.165) is 0 Å². The van der Waals surface area contributed by atoms with E-state index in [1.807, 2.05) is 0 Å². The molecule has 17 heavy (non-hydrogen) atoms. The summed E-state index contributed by atoms with van der Waals surface area (Å²) in [5.41, 5.74) is 5.18. The maximum atomic E-state index is 10.9. The molecule has 7 N–H and O–H groups in total. The summed E-state index contributed by atoms with van der Waals surface area (Å²) in [6.07, 6.45) is 0.392. The van der Waals surface area contributed by atoms with Gasteiger partial charge in [-0.15, -0.1) is 0 Å². The average Bonchev–Trinajstić information content (AvgIpc) is 2.08. The number of nitrogens with two attached hydrogens (primary N) is 1. The first-order valence-electron chi connectivity index (χ1n) is 4.60. The molecular weight excluding hydrogens is 283 g/mol. The van der Waals surface area contributed by atoms with E-state index in [0.29, 0.717) is 19.4 Å². The van der Waals surface area contributed by atoms with Gasteiger partial charge in [0.05, 0.1) is 0 Å². The standard InChI is InChI=1S/C6H17NO7P2.Na/c7-5-3-1-2-4-6(8,15(9,10)11)16(12,13)14;/h8H,1-5,7H2,(H2,9,10,11)(H2,12,13,14);/q;+1. The topological polar surface area (TPSA) is 161 Å². The van der Waals surface area contributed by atoms with Crippen LogP contribution in [-0.2, 0) is 9.13 Å². The molecule has 0 unspecified atom stereocenters. The van der Waals surface area contributed by atoms with E-state index in [1.54, 1.807) is 0 Å². The van der Waals surface area contributed by atoms with Crippen LogP contribution in [0.25, 0.3) is 0 Å². The second-order valence-electron chi connectivity index (χ2n) is 3.46. The van der Waals surface area contributed by atoms with Gasteiger partial charge in [0, 0.05) is 0 Å². The van der Waals surface area contributed by atoms with Crippen LogP contribution in [0.4, 0.5) is 0 Å². The van der Waals surface area contributed by atoms with Crippen molar-refractivity contribution < 1.29 is 63.4 Å². The van der Waals surface area contributed by atoms with E-state index < -0.39 is 26.7 Å². The summed E-state index contributed by atoms with van der Waals surface area (Å²) in [7, 11) is -10.6. The van der Waals surface area contributed by atoms with Crippen molar-refractivity contribution in [1.29, 1.82) is 0 Å². The van der Waals surface area contributed by atoms with Crippen molar-refractivity contribution >= 4 is 15.2 Å². The fourth-order valence-corrected chi connectivity index (χ4v) is 3.40. The third-order valence-corrected chi connectivity index (χ3v) is 6.03. The summed E-state index contributed by atoms with van der Waals surface area (Å²) in [4.78, 5) is 35.1. The molecule has 8 nitrogen and oxygen atoms in total. The van der Waals surface area contributed by atoms with Crippen molar-refractivity contribution in [3.8, 4) is 0 Å². The Balaban J connectivity index is 0. The van der Waals surface area contributed by atoms with Gasteiger partial charge in [0.1, 0.15) is 0 Å². The SMILES string of the molecule is NCCCCCC(O)(P(=O)(O)O)P(=O)(O)O.[Na+]. The normalized spacial score (nSPS) is 13.3. The zero-order valence-corrected chi connectivity index (χ0v) is 13.3. The molecule has 0 aromatic carbocycles. The van der Waals surface area contributed by atoms with Crippen LogP contribution < -0.4 is 35.3 Å². The van der Waals surface area contributed by atoms with Crippen molar-refractivity contribution in [2.75, 3.05) is 6.54 Å². The fourth-order valence-electron chi connectivity index (χ4n) is 1.14. The monoisotopic (exact) mass is 300 g/mol. The van der Waals surface area contributed by atoms with Gasteiger partial charge in [-0.05, 0) is 25.8 Å². The van der Waals surface area contributed by atoms with Crippen LogP contribution in [0.15, 0.2) is 0 Å². The Morgan fingerprint density at radius 3 is 1.65 bits per heavy atom. The molecule has 0 fully saturated rings. The molecular formula is C6H17NNaO7P2+. The first-order valence-corrected chi connectivity index (χ1v) is 7.82. The average molecular weight is 300 g/mol. The largest absolute Gasteiger partial charge is 1.00 e. The van der Waals surface area contributed by atoms with Crippen molar-refractivity contribution in [3.05, 3.63) is 0 Å².